The molecule has 1 saturated heterocycles. The molecule has 4 heterocycles. The second kappa shape index (κ2) is 15.7. The van der Waals surface area contributed by atoms with Crippen molar-refractivity contribution in [3.63, 3.8) is 0 Å². The van der Waals surface area contributed by atoms with Crippen LogP contribution in [-0.4, -0.2) is 74.2 Å². The third-order valence-corrected chi connectivity index (χ3v) is 13.8. The van der Waals surface area contributed by atoms with Crippen LogP contribution < -0.4 is 21.5 Å². The molecule has 0 radical (unpaired) electrons. The number of alkyl halides is 7. The van der Waals surface area contributed by atoms with Crippen molar-refractivity contribution in [2.75, 3.05) is 11.0 Å². The lowest BCUT2D eigenvalue weighted by molar-refractivity contribution is -0.141. The normalized spacial score (nSPS) is 20.3. The van der Waals surface area contributed by atoms with Crippen molar-refractivity contribution in [2.45, 2.75) is 94.7 Å². The molecule has 3 aliphatic rings. The SMILES string of the molecule is CC1(C)OB(c2ccc3c(=O)n(-c4ccc(Cl)c5c(NS(C)(=O)=O)nn(CC(F)(F)F)c45)c([C@@H](Cc4cc(F)cc(F)c4)C(C(N)=O)n4nc(C(F)F)c5c4C(F)(F)[C@@H]4C[C@H]54)nc3c2)OC1(C)C. The lowest BCUT2D eigenvalue weighted by Gasteiger charge is -2.32. The third kappa shape index (κ3) is 7.97. The summed E-state index contributed by atoms with van der Waals surface area (Å²) in [7, 11) is -5.39. The standard InChI is InChI=1S/C42H37BClF9N8O6S/c1-39(2)40(3,4)67-43(66-39)18-6-7-21-26(13-18)55-37(60(38(21)63)27-9-8-25(44)29-32(27)59(16-41(49,50)51)57-36(29)58-68(5,64)65)23(12-17-10-19(45)14-20(46)11-17)31(35(54)62)61-33-28(30(56-61)34(47)48)22-15-24(22)42(33,52)53/h6-11,13-14,22-24,31,34H,12,15-16H2,1-5H3,(H2,54,62)(H,57,58)/t22-,23-,24+,31?/m0/s1. The zero-order valence-electron chi connectivity index (χ0n) is 36.1. The number of nitrogens with one attached hydrogen (secondary N) is 1. The lowest BCUT2D eigenvalue weighted by atomic mass is 9.78. The van der Waals surface area contributed by atoms with E-state index in [1.165, 1.54) is 18.2 Å². The Labute approximate surface area is 384 Å². The number of nitrogens with two attached hydrogens (primary N) is 1. The molecule has 3 aromatic heterocycles. The fraction of sp³-hybridized carbons (Fsp3) is 0.405. The third-order valence-electron chi connectivity index (χ3n) is 12.9. The predicted molar refractivity (Wildman–Crippen MR) is 229 cm³/mol. The first-order chi connectivity index (χ1) is 31.5. The zero-order valence-corrected chi connectivity index (χ0v) is 37.7. The zero-order chi connectivity index (χ0) is 49.5. The highest BCUT2D eigenvalue weighted by Crippen LogP contribution is 2.68. The number of primary amides is 1. The number of hydrogen-bond acceptors (Lipinski definition) is 9. The van der Waals surface area contributed by atoms with Gasteiger partial charge in [0.05, 0.1) is 55.9 Å². The van der Waals surface area contributed by atoms with Crippen molar-refractivity contribution < 1.29 is 62.0 Å². The number of benzene rings is 3. The van der Waals surface area contributed by atoms with Gasteiger partial charge in [0, 0.05) is 17.5 Å². The number of anilines is 1. The average molecular weight is 999 g/mol. The fourth-order valence-electron chi connectivity index (χ4n) is 9.23. The Kier molecular flexibility index (Phi) is 10.9. The van der Waals surface area contributed by atoms with Crippen molar-refractivity contribution >= 4 is 67.7 Å². The van der Waals surface area contributed by atoms with Gasteiger partial charge in [0.1, 0.15) is 41.4 Å². The summed E-state index contributed by atoms with van der Waals surface area (Å²) in [4.78, 5) is 34.2. The lowest BCUT2D eigenvalue weighted by Crippen LogP contribution is -2.41. The van der Waals surface area contributed by atoms with E-state index in [4.69, 9.17) is 31.6 Å². The number of carbonyl (C=O) groups excluding carboxylic acids is 1. The van der Waals surface area contributed by atoms with Gasteiger partial charge in [-0.25, -0.2) is 35.6 Å². The van der Waals surface area contributed by atoms with E-state index in [0.717, 1.165) is 24.3 Å². The number of hydrogen-bond donors (Lipinski definition) is 2. The second-order valence-corrected chi connectivity index (χ2v) is 20.3. The Balaban J connectivity index is 1.41. The molecule has 26 heteroatoms. The Bertz CT molecular complexity index is 3250. The molecule has 4 atom stereocenters. The number of amides is 1. The number of nitrogens with zero attached hydrogens (tertiary/aromatic N) is 6. The van der Waals surface area contributed by atoms with E-state index < -0.39 is 152 Å². The molecule has 2 aliphatic carbocycles. The Morgan fingerprint density at radius 2 is 1.66 bits per heavy atom. The van der Waals surface area contributed by atoms with Crippen LogP contribution in [0.3, 0.4) is 0 Å². The molecule has 14 nitrogen and oxygen atoms in total. The maximum Gasteiger partial charge on any atom is 0.494 e. The monoisotopic (exact) mass is 998 g/mol. The molecule has 1 saturated carbocycles. The first kappa shape index (κ1) is 47.4. The smallest absolute Gasteiger partial charge is 0.399 e. The summed E-state index contributed by atoms with van der Waals surface area (Å²) in [6.45, 7) is 5.13. The van der Waals surface area contributed by atoms with Gasteiger partial charge < -0.3 is 15.0 Å². The van der Waals surface area contributed by atoms with E-state index in [1.807, 2.05) is 4.72 Å². The molecule has 68 heavy (non-hydrogen) atoms. The minimum Gasteiger partial charge on any atom is -0.399 e. The van der Waals surface area contributed by atoms with E-state index in [-0.39, 0.29) is 38.1 Å². The van der Waals surface area contributed by atoms with Gasteiger partial charge in [0.15, 0.2) is 5.82 Å². The molecule has 3 aromatic carbocycles. The van der Waals surface area contributed by atoms with Crippen LogP contribution in [0.4, 0.5) is 45.3 Å². The highest BCUT2D eigenvalue weighted by atomic mass is 35.5. The summed E-state index contributed by atoms with van der Waals surface area (Å²) < 4.78 is 176. The highest BCUT2D eigenvalue weighted by Gasteiger charge is 2.68. The van der Waals surface area contributed by atoms with Crippen molar-refractivity contribution in [2.24, 2.45) is 11.7 Å². The Hall–Kier alpha value is -5.66. The van der Waals surface area contributed by atoms with Gasteiger partial charge in [0.2, 0.25) is 15.9 Å². The fourth-order valence-corrected chi connectivity index (χ4v) is 9.97. The van der Waals surface area contributed by atoms with Crippen LogP contribution in [0.2, 0.25) is 5.02 Å². The molecule has 0 bridgehead atoms. The number of rotatable bonds is 12. The number of halogens is 10. The molecule has 1 aliphatic heterocycles. The largest absolute Gasteiger partial charge is 0.494 e. The molecule has 1 unspecified atom stereocenters. The van der Waals surface area contributed by atoms with Gasteiger partial charge in [-0.1, -0.05) is 17.7 Å². The van der Waals surface area contributed by atoms with E-state index in [2.05, 4.69) is 10.2 Å². The second-order valence-electron chi connectivity index (χ2n) is 18.2. The summed E-state index contributed by atoms with van der Waals surface area (Å²) in [5.41, 5.74) is -1.09. The summed E-state index contributed by atoms with van der Waals surface area (Å²) in [5.74, 6) is -13.8. The number of fused-ring (bicyclic) bond motifs is 5. The van der Waals surface area contributed by atoms with Crippen LogP contribution in [0, 0.1) is 17.6 Å². The molecule has 6 aromatic rings. The van der Waals surface area contributed by atoms with Gasteiger partial charge in [-0.15, -0.1) is 0 Å². The quantitative estimate of drug-likeness (QED) is 0.0941. The topological polar surface area (TPSA) is 178 Å². The number of sulfonamides is 1. The van der Waals surface area contributed by atoms with E-state index in [1.54, 1.807) is 27.7 Å². The highest BCUT2D eigenvalue weighted by molar-refractivity contribution is 7.92. The first-order valence-electron chi connectivity index (χ1n) is 20.7. The minimum atomic E-state index is -5.07. The maximum atomic E-state index is 16.3. The predicted octanol–water partition coefficient (Wildman–Crippen LogP) is 7.30. The van der Waals surface area contributed by atoms with E-state index in [0.29, 0.717) is 21.6 Å². The molecular weight excluding hydrogens is 962 g/mol. The summed E-state index contributed by atoms with van der Waals surface area (Å²) in [6, 6.07) is 5.85. The van der Waals surface area contributed by atoms with Gasteiger partial charge in [-0.05, 0) is 93.9 Å². The summed E-state index contributed by atoms with van der Waals surface area (Å²) >= 11 is 6.55. The molecule has 360 valence electrons. The van der Waals surface area contributed by atoms with E-state index in [9.17, 15) is 35.2 Å². The van der Waals surface area contributed by atoms with Crippen LogP contribution in [0.15, 0.2) is 53.3 Å². The molecule has 2 fully saturated rings. The molecule has 9 rings (SSSR count). The number of aromatic nitrogens is 6. The van der Waals surface area contributed by atoms with Gasteiger partial charge in [-0.3, -0.25) is 23.6 Å². The summed E-state index contributed by atoms with van der Waals surface area (Å²) in [5, 5.41) is 6.59. The molecule has 1 amide bonds. The minimum absolute atomic E-state index is 0.191. The maximum absolute atomic E-state index is 16.3. The average Bonchev–Trinajstić information content (AvgIpc) is 3.62. The van der Waals surface area contributed by atoms with Crippen LogP contribution >= 0.6 is 11.6 Å². The van der Waals surface area contributed by atoms with E-state index >= 15 is 22.4 Å². The van der Waals surface area contributed by atoms with Crippen LogP contribution in [0.25, 0.3) is 27.5 Å². The number of carbonyl (C=O) groups is 1. The van der Waals surface area contributed by atoms with Gasteiger partial charge in [-0.2, -0.15) is 32.1 Å². The molecular formula is C42H37BClF9N8O6S. The Morgan fingerprint density at radius 1 is 1.01 bits per heavy atom. The molecule has 3 N–H and O–H groups in total. The summed E-state index contributed by atoms with van der Waals surface area (Å²) in [6.07, 6.45) is -8.90. The van der Waals surface area contributed by atoms with Crippen molar-refractivity contribution in [1.29, 1.82) is 0 Å². The van der Waals surface area contributed by atoms with Crippen molar-refractivity contribution in [3.8, 4) is 5.69 Å². The van der Waals surface area contributed by atoms with Gasteiger partial charge in [0.25, 0.3) is 17.9 Å². The van der Waals surface area contributed by atoms with Crippen LogP contribution in [-0.2, 0) is 43.0 Å². The van der Waals surface area contributed by atoms with Crippen molar-refractivity contribution in [1.82, 2.24) is 29.1 Å². The first-order valence-corrected chi connectivity index (χ1v) is 22.9. The van der Waals surface area contributed by atoms with Crippen LogP contribution in [0.1, 0.15) is 86.8 Å². The van der Waals surface area contributed by atoms with Crippen molar-refractivity contribution in [3.05, 3.63) is 104 Å². The van der Waals surface area contributed by atoms with Gasteiger partial charge >= 0.3 is 13.3 Å². The Morgan fingerprint density at radius 3 is 2.25 bits per heavy atom. The van der Waals surface area contributed by atoms with Crippen LogP contribution in [0.5, 0.6) is 0 Å². The molecule has 0 spiro atoms.